The van der Waals surface area contributed by atoms with Gasteiger partial charge in [0.1, 0.15) is 0 Å². The SMILES string of the molecule is Cc1cccc(-c2nc(CN3CCCC(O)C3)no2)c1. The van der Waals surface area contributed by atoms with Gasteiger partial charge in [0.05, 0.1) is 12.6 Å². The first-order valence-electron chi connectivity index (χ1n) is 7.01. The fraction of sp³-hybridized carbons (Fsp3) is 0.467. The molecule has 1 fully saturated rings. The predicted octanol–water partition coefficient (Wildman–Crippen LogP) is 2.00. The Balaban J connectivity index is 1.70. The molecule has 0 aliphatic carbocycles. The number of nitrogens with zero attached hydrogens (tertiary/aromatic N) is 3. The van der Waals surface area contributed by atoms with Crippen molar-refractivity contribution in [3.8, 4) is 11.5 Å². The average molecular weight is 273 g/mol. The highest BCUT2D eigenvalue weighted by Gasteiger charge is 2.19. The van der Waals surface area contributed by atoms with E-state index in [1.807, 2.05) is 31.2 Å². The zero-order valence-corrected chi connectivity index (χ0v) is 11.6. The molecule has 1 N–H and O–H groups in total. The maximum Gasteiger partial charge on any atom is 0.257 e. The van der Waals surface area contributed by atoms with Crippen molar-refractivity contribution in [2.45, 2.75) is 32.4 Å². The highest BCUT2D eigenvalue weighted by atomic mass is 16.5. The molecule has 5 nitrogen and oxygen atoms in total. The molecule has 2 aromatic rings. The van der Waals surface area contributed by atoms with Crippen LogP contribution in [0.2, 0.25) is 0 Å². The van der Waals surface area contributed by atoms with Gasteiger partial charge in [-0.15, -0.1) is 0 Å². The number of hydrogen-bond acceptors (Lipinski definition) is 5. The minimum atomic E-state index is -0.230. The lowest BCUT2D eigenvalue weighted by molar-refractivity contribution is 0.0651. The Morgan fingerprint density at radius 3 is 3.15 bits per heavy atom. The Kier molecular flexibility index (Phi) is 3.80. The van der Waals surface area contributed by atoms with Crippen LogP contribution in [0.4, 0.5) is 0 Å². The number of aryl methyl sites for hydroxylation is 1. The molecule has 1 aliphatic heterocycles. The summed E-state index contributed by atoms with van der Waals surface area (Å²) in [7, 11) is 0. The normalized spacial score (nSPS) is 20.2. The number of hydrogen-bond donors (Lipinski definition) is 1. The van der Waals surface area contributed by atoms with Crippen molar-refractivity contribution >= 4 is 0 Å². The molecule has 1 saturated heterocycles. The highest BCUT2D eigenvalue weighted by Crippen LogP contribution is 2.19. The summed E-state index contributed by atoms with van der Waals surface area (Å²) in [5.74, 6) is 1.23. The lowest BCUT2D eigenvalue weighted by Gasteiger charge is -2.28. The zero-order valence-electron chi connectivity index (χ0n) is 11.6. The van der Waals surface area contributed by atoms with Gasteiger partial charge in [-0.05, 0) is 38.4 Å². The van der Waals surface area contributed by atoms with Crippen LogP contribution in [0.3, 0.4) is 0 Å². The van der Waals surface area contributed by atoms with Crippen LogP contribution < -0.4 is 0 Å². The monoisotopic (exact) mass is 273 g/mol. The van der Waals surface area contributed by atoms with Crippen LogP contribution in [0.15, 0.2) is 28.8 Å². The van der Waals surface area contributed by atoms with E-state index >= 15 is 0 Å². The molecular formula is C15H19N3O2. The summed E-state index contributed by atoms with van der Waals surface area (Å²) in [6.07, 6.45) is 1.67. The number of aliphatic hydroxyl groups excluding tert-OH is 1. The maximum atomic E-state index is 9.67. The van der Waals surface area contributed by atoms with Crippen LogP contribution in [0.25, 0.3) is 11.5 Å². The number of aromatic nitrogens is 2. The molecule has 0 saturated carbocycles. The first-order valence-corrected chi connectivity index (χ1v) is 7.01. The predicted molar refractivity (Wildman–Crippen MR) is 75.0 cm³/mol. The van der Waals surface area contributed by atoms with Crippen LogP contribution in [0.1, 0.15) is 24.2 Å². The fourth-order valence-electron chi connectivity index (χ4n) is 2.59. The summed E-state index contributed by atoms with van der Waals surface area (Å²) < 4.78 is 5.32. The van der Waals surface area contributed by atoms with Crippen molar-refractivity contribution in [3.05, 3.63) is 35.7 Å². The Bertz CT molecular complexity index is 582. The summed E-state index contributed by atoms with van der Waals surface area (Å²) in [4.78, 5) is 6.61. The molecule has 1 aromatic heterocycles. The van der Waals surface area contributed by atoms with E-state index in [9.17, 15) is 5.11 Å². The third-order valence-corrected chi connectivity index (χ3v) is 3.58. The average Bonchev–Trinajstić information content (AvgIpc) is 2.87. The van der Waals surface area contributed by atoms with Crippen molar-refractivity contribution < 1.29 is 9.63 Å². The maximum absolute atomic E-state index is 9.67. The van der Waals surface area contributed by atoms with Crippen LogP contribution in [0, 0.1) is 6.92 Å². The molecule has 2 heterocycles. The van der Waals surface area contributed by atoms with Gasteiger partial charge in [0, 0.05) is 12.1 Å². The van der Waals surface area contributed by atoms with Crippen molar-refractivity contribution in [2.24, 2.45) is 0 Å². The second kappa shape index (κ2) is 5.73. The van der Waals surface area contributed by atoms with Gasteiger partial charge < -0.3 is 9.63 Å². The molecule has 0 amide bonds. The van der Waals surface area contributed by atoms with Crippen molar-refractivity contribution in [2.75, 3.05) is 13.1 Å². The van der Waals surface area contributed by atoms with E-state index in [1.54, 1.807) is 0 Å². The third kappa shape index (κ3) is 3.05. The highest BCUT2D eigenvalue weighted by molar-refractivity contribution is 5.53. The summed E-state index contributed by atoms with van der Waals surface area (Å²) >= 11 is 0. The van der Waals surface area contributed by atoms with Gasteiger partial charge in [-0.1, -0.05) is 22.9 Å². The minimum Gasteiger partial charge on any atom is -0.392 e. The molecule has 1 atom stereocenters. The second-order valence-corrected chi connectivity index (χ2v) is 5.42. The number of likely N-dealkylation sites (tertiary alicyclic amines) is 1. The Morgan fingerprint density at radius 2 is 2.35 bits per heavy atom. The van der Waals surface area contributed by atoms with Crippen LogP contribution in [-0.2, 0) is 6.54 Å². The van der Waals surface area contributed by atoms with E-state index in [0.717, 1.165) is 24.9 Å². The van der Waals surface area contributed by atoms with Crippen molar-refractivity contribution in [1.82, 2.24) is 15.0 Å². The van der Waals surface area contributed by atoms with E-state index in [0.29, 0.717) is 24.8 Å². The molecule has 1 unspecified atom stereocenters. The molecule has 5 heteroatoms. The van der Waals surface area contributed by atoms with E-state index in [1.165, 1.54) is 5.56 Å². The standard InChI is InChI=1S/C15H19N3O2/c1-11-4-2-5-12(8-11)15-16-14(17-20-15)10-18-7-3-6-13(19)9-18/h2,4-5,8,13,19H,3,6-7,9-10H2,1H3. The quantitative estimate of drug-likeness (QED) is 0.926. The van der Waals surface area contributed by atoms with E-state index in [2.05, 4.69) is 15.0 Å². The summed E-state index contributed by atoms with van der Waals surface area (Å²) in [5.41, 5.74) is 2.11. The van der Waals surface area contributed by atoms with E-state index < -0.39 is 0 Å². The van der Waals surface area contributed by atoms with Crippen LogP contribution in [-0.4, -0.2) is 39.3 Å². The Morgan fingerprint density at radius 1 is 1.45 bits per heavy atom. The van der Waals surface area contributed by atoms with E-state index in [-0.39, 0.29) is 6.10 Å². The molecule has 106 valence electrons. The van der Waals surface area contributed by atoms with Crippen LogP contribution in [0.5, 0.6) is 0 Å². The number of β-amino-alcohol motifs (C(OH)–C–C–N with tert-alkyl or cyclic N) is 1. The Hall–Kier alpha value is -1.72. The molecular weight excluding hydrogens is 254 g/mol. The van der Waals surface area contributed by atoms with Gasteiger partial charge in [-0.3, -0.25) is 4.90 Å². The number of benzene rings is 1. The summed E-state index contributed by atoms with van der Waals surface area (Å²) in [6.45, 7) is 4.34. The van der Waals surface area contributed by atoms with E-state index in [4.69, 9.17) is 4.52 Å². The number of piperidine rings is 1. The molecule has 20 heavy (non-hydrogen) atoms. The number of aliphatic hydroxyl groups is 1. The Labute approximate surface area is 118 Å². The molecule has 1 aromatic carbocycles. The lowest BCUT2D eigenvalue weighted by Crippen LogP contribution is -2.37. The minimum absolute atomic E-state index is 0.230. The van der Waals surface area contributed by atoms with Crippen LogP contribution >= 0.6 is 0 Å². The molecule has 0 bridgehead atoms. The molecule has 0 radical (unpaired) electrons. The number of rotatable bonds is 3. The largest absolute Gasteiger partial charge is 0.392 e. The molecule has 1 aliphatic rings. The fourth-order valence-corrected chi connectivity index (χ4v) is 2.59. The molecule has 0 spiro atoms. The van der Waals surface area contributed by atoms with Gasteiger partial charge in [0.2, 0.25) is 0 Å². The van der Waals surface area contributed by atoms with Gasteiger partial charge in [-0.2, -0.15) is 4.98 Å². The zero-order chi connectivity index (χ0) is 13.9. The van der Waals surface area contributed by atoms with Gasteiger partial charge >= 0.3 is 0 Å². The second-order valence-electron chi connectivity index (χ2n) is 5.42. The smallest absolute Gasteiger partial charge is 0.257 e. The van der Waals surface area contributed by atoms with Gasteiger partial charge in [-0.25, -0.2) is 0 Å². The lowest BCUT2D eigenvalue weighted by atomic mass is 10.1. The van der Waals surface area contributed by atoms with Crippen molar-refractivity contribution in [1.29, 1.82) is 0 Å². The summed E-state index contributed by atoms with van der Waals surface area (Å²) in [6, 6.07) is 8.02. The van der Waals surface area contributed by atoms with Gasteiger partial charge in [0.25, 0.3) is 5.89 Å². The first kappa shape index (κ1) is 13.3. The summed E-state index contributed by atoms with van der Waals surface area (Å²) in [5, 5.41) is 13.7. The van der Waals surface area contributed by atoms with Gasteiger partial charge in [0.15, 0.2) is 5.82 Å². The first-order chi connectivity index (χ1) is 9.70. The molecule has 3 rings (SSSR count). The third-order valence-electron chi connectivity index (χ3n) is 3.58. The van der Waals surface area contributed by atoms with Crippen molar-refractivity contribution in [3.63, 3.8) is 0 Å². The topological polar surface area (TPSA) is 62.4 Å².